The highest BCUT2D eigenvalue weighted by Crippen LogP contribution is 2.00. The van der Waals surface area contributed by atoms with Crippen LogP contribution in [-0.4, -0.2) is 6.01 Å². The Hall–Kier alpha value is -0.350. The van der Waals surface area contributed by atoms with E-state index < -0.39 is 0 Å². The number of rotatable bonds is 0. The van der Waals surface area contributed by atoms with Gasteiger partial charge >= 0.3 is 0 Å². The van der Waals surface area contributed by atoms with Crippen LogP contribution in [0.1, 0.15) is 0 Å². The third-order valence-corrected chi connectivity index (χ3v) is 0.968. The summed E-state index contributed by atoms with van der Waals surface area (Å²) in [6, 6.07) is 2.37. The first kappa shape index (κ1) is 4.80. The van der Waals surface area contributed by atoms with Crippen LogP contribution in [0.25, 0.3) is 0 Å². The normalized spacial score (nSPS) is 15.9. The van der Waals surface area contributed by atoms with Gasteiger partial charge in [-0.15, -0.1) is 5.10 Å². The minimum Gasteiger partial charge on any atom is -0.261 e. The molecule has 1 N–H and O–H groups in total. The number of hydrogen-bond donors (Lipinski definition) is 1. The lowest BCUT2D eigenvalue weighted by atomic mass is 10.9. The zero-order chi connectivity index (χ0) is 5.11. The second kappa shape index (κ2) is 2.09. The number of hydrazone groups is 1. The Kier molecular flexibility index (Phi) is 1.43. The van der Waals surface area contributed by atoms with Crippen LogP contribution in [0.2, 0.25) is 0 Å². The number of nitrogens with one attached hydrogen (secondary N) is 1. The molecule has 0 aromatic carbocycles. The van der Waals surface area contributed by atoms with Crippen LogP contribution < -0.4 is 5.43 Å². The van der Waals surface area contributed by atoms with Crippen LogP contribution in [0.15, 0.2) is 20.0 Å². The molecule has 3 nitrogen and oxygen atoms in total. The Morgan fingerprint density at radius 3 is 3.00 bits per heavy atom. The Morgan fingerprint density at radius 1 is 1.86 bits per heavy atom. The molecule has 0 aliphatic carbocycles. The topological polar surface area (TPSA) is 36.8 Å². The third kappa shape index (κ3) is 1.29. The summed E-state index contributed by atoms with van der Waals surface area (Å²) in [5, 5.41) is 3.52. The molecule has 0 saturated heterocycles. The van der Waals surface area contributed by atoms with Gasteiger partial charge in [-0.3, -0.25) is 5.43 Å². The van der Waals surface area contributed by atoms with E-state index in [2.05, 4.69) is 44.1 Å². The molecule has 36 valence electrons. The van der Waals surface area contributed by atoms with Crippen molar-refractivity contribution in [3.05, 3.63) is 9.90 Å². The largest absolute Gasteiger partial charge is 0.261 e. The maximum Gasteiger partial charge on any atom is 0.120 e. The Bertz CT molecular complexity index is 154. The van der Waals surface area contributed by atoms with Gasteiger partial charge in [-0.1, -0.05) is 0 Å². The fourth-order valence-corrected chi connectivity index (χ4v) is 0.482. The molecule has 1 rings (SSSR count). The van der Waals surface area contributed by atoms with Crippen LogP contribution >= 0.6 is 22.6 Å². The van der Waals surface area contributed by atoms with Crippen LogP contribution in [0.5, 0.6) is 0 Å². The highest BCUT2D eigenvalue weighted by Gasteiger charge is 1.84. The van der Waals surface area contributed by atoms with Crippen molar-refractivity contribution in [3.63, 3.8) is 0 Å². The molecule has 0 amide bonds. The molecule has 0 atom stereocenters. The first-order valence-corrected chi connectivity index (χ1v) is 2.74. The summed E-state index contributed by atoms with van der Waals surface area (Å²) in [5.74, 6) is 0. The van der Waals surface area contributed by atoms with E-state index in [1.54, 1.807) is 6.20 Å². The Labute approximate surface area is 54.3 Å². The lowest BCUT2D eigenvalue weighted by Gasteiger charge is -1.92. The van der Waals surface area contributed by atoms with Gasteiger partial charge in [-0.05, 0) is 22.6 Å². The molecule has 0 spiro atoms. The monoisotopic (exact) mass is 207 g/mol. The summed E-state index contributed by atoms with van der Waals surface area (Å²) in [7, 11) is 0. The zero-order valence-electron chi connectivity index (χ0n) is 3.35. The summed E-state index contributed by atoms with van der Waals surface area (Å²) >= 11 is 2.08. The first-order chi connectivity index (χ1) is 3.39. The van der Waals surface area contributed by atoms with Crippen LogP contribution in [0.3, 0.4) is 0 Å². The van der Waals surface area contributed by atoms with E-state index in [0.717, 1.165) is 3.70 Å². The van der Waals surface area contributed by atoms with Crippen LogP contribution in [-0.2, 0) is 0 Å². The second-order valence-electron chi connectivity index (χ2n) is 0.930. The zero-order valence-corrected chi connectivity index (χ0v) is 5.51. The molecule has 0 saturated carbocycles. The number of aliphatic imine (C=N–C) groups is 1. The van der Waals surface area contributed by atoms with Crippen molar-refractivity contribution in [2.75, 3.05) is 0 Å². The summed E-state index contributed by atoms with van der Waals surface area (Å²) in [4.78, 5) is 3.61. The van der Waals surface area contributed by atoms with Crippen LogP contribution in [0, 0.1) is 0 Å². The maximum atomic E-state index is 3.61. The summed E-state index contributed by atoms with van der Waals surface area (Å²) < 4.78 is 0.913. The molecule has 0 fully saturated rings. The molecule has 1 aliphatic rings. The van der Waals surface area contributed by atoms with Gasteiger partial charge in [-0.2, -0.15) is 4.99 Å². The van der Waals surface area contributed by atoms with Gasteiger partial charge in [0.15, 0.2) is 0 Å². The van der Waals surface area contributed by atoms with E-state index in [9.17, 15) is 0 Å². The summed E-state index contributed by atoms with van der Waals surface area (Å²) in [5.41, 5.74) is 2.65. The highest BCUT2D eigenvalue weighted by atomic mass is 127. The Morgan fingerprint density at radius 2 is 2.71 bits per heavy atom. The lowest BCUT2D eigenvalue weighted by Crippen LogP contribution is -1.99. The number of halogens is 1. The third-order valence-electron chi connectivity index (χ3n) is 0.448. The molecule has 0 aromatic heterocycles. The van der Waals surface area contributed by atoms with Crippen LogP contribution in [0.4, 0.5) is 0 Å². The van der Waals surface area contributed by atoms with Gasteiger partial charge < -0.3 is 0 Å². The number of hydrogen-bond acceptors (Lipinski definition) is 3. The Balaban J connectivity index is 2.77. The average molecular weight is 207 g/mol. The van der Waals surface area contributed by atoms with Gasteiger partial charge in [0.05, 0.1) is 6.20 Å². The van der Waals surface area contributed by atoms with Crippen molar-refractivity contribution in [1.29, 1.82) is 0 Å². The predicted molar refractivity (Wildman–Crippen MR) is 35.1 cm³/mol. The van der Waals surface area contributed by atoms with Crippen molar-refractivity contribution >= 4 is 28.6 Å². The van der Waals surface area contributed by atoms with Gasteiger partial charge in [-0.25, -0.2) is 0 Å². The van der Waals surface area contributed by atoms with Crippen molar-refractivity contribution in [2.45, 2.75) is 0 Å². The molecule has 0 radical (unpaired) electrons. The molecule has 7 heavy (non-hydrogen) atoms. The van der Waals surface area contributed by atoms with E-state index in [0.29, 0.717) is 0 Å². The predicted octanol–water partition coefficient (Wildman–Crippen LogP) is 0.912. The average Bonchev–Trinajstić information content (AvgIpc) is 1.69. The second-order valence-corrected chi connectivity index (χ2v) is 2.09. The molecule has 0 bridgehead atoms. The van der Waals surface area contributed by atoms with E-state index in [-0.39, 0.29) is 0 Å². The van der Waals surface area contributed by atoms with E-state index >= 15 is 0 Å². The smallest absolute Gasteiger partial charge is 0.120 e. The van der Waals surface area contributed by atoms with E-state index in [1.165, 1.54) is 0 Å². The molecule has 1 aliphatic heterocycles. The number of nitrogens with zero attached hydrogens (tertiary/aromatic N) is 2. The van der Waals surface area contributed by atoms with Crippen molar-refractivity contribution in [1.82, 2.24) is 5.43 Å². The summed E-state index contributed by atoms with van der Waals surface area (Å²) in [6.07, 6.45) is 1.65. The molecule has 0 unspecified atom stereocenters. The van der Waals surface area contributed by atoms with Crippen molar-refractivity contribution in [2.24, 2.45) is 10.1 Å². The fraction of sp³-hybridized carbons (Fsp3) is 0. The first-order valence-electron chi connectivity index (χ1n) is 1.66. The molecule has 1 heterocycles. The summed E-state index contributed by atoms with van der Waals surface area (Å²) in [6.45, 7) is 0. The molecule has 4 heteroatoms. The van der Waals surface area contributed by atoms with Gasteiger partial charge in [0.25, 0.3) is 0 Å². The molecular formula is C3H2IN3. The molecule has 0 aromatic rings. The van der Waals surface area contributed by atoms with E-state index in [1.807, 2.05) is 0 Å². The SMILES string of the molecule is IC1=CN=C=NN1. The van der Waals surface area contributed by atoms with Gasteiger partial charge in [0, 0.05) is 0 Å². The van der Waals surface area contributed by atoms with Crippen molar-refractivity contribution < 1.29 is 0 Å². The van der Waals surface area contributed by atoms with Gasteiger partial charge in [0.1, 0.15) is 9.71 Å². The highest BCUT2D eigenvalue weighted by molar-refractivity contribution is 14.1. The maximum absolute atomic E-state index is 3.61. The van der Waals surface area contributed by atoms with Crippen molar-refractivity contribution in [3.8, 4) is 0 Å². The minimum atomic E-state index is 0.913. The van der Waals surface area contributed by atoms with E-state index in [4.69, 9.17) is 0 Å². The van der Waals surface area contributed by atoms with Gasteiger partial charge in [0.2, 0.25) is 0 Å². The minimum absolute atomic E-state index is 0.913. The fourth-order valence-electron chi connectivity index (χ4n) is 0.222. The lowest BCUT2D eigenvalue weighted by molar-refractivity contribution is 0.951. The standard InChI is InChI=1S/C3H2IN3/c4-3-1-5-2-6-7-3/h1,7H. The molecular weight excluding hydrogens is 205 g/mol. The quantitative estimate of drug-likeness (QED) is 0.465.